The van der Waals surface area contributed by atoms with Gasteiger partial charge in [0, 0.05) is 32.2 Å². The molecule has 0 atom stereocenters. The molecule has 0 bridgehead atoms. The van der Waals surface area contributed by atoms with Crippen LogP contribution in [0.25, 0.3) is 0 Å². The number of nitrogens with zero attached hydrogens (tertiary/aromatic N) is 2. The van der Waals surface area contributed by atoms with Crippen LogP contribution < -0.4 is 0 Å². The van der Waals surface area contributed by atoms with Crippen molar-refractivity contribution in [2.45, 2.75) is 31.6 Å². The molecule has 1 aromatic heterocycles. The average Bonchev–Trinajstić information content (AvgIpc) is 2.76. The molecule has 15 heavy (non-hydrogen) atoms. The van der Waals surface area contributed by atoms with Gasteiger partial charge in [0.15, 0.2) is 5.82 Å². The van der Waals surface area contributed by atoms with Crippen LogP contribution in [0.3, 0.4) is 0 Å². The molecular formula is C10H16N2O3. The molecule has 0 unspecified atom stereocenters. The molecule has 0 radical (unpaired) electrons. The van der Waals surface area contributed by atoms with Crippen molar-refractivity contribution in [1.82, 2.24) is 10.1 Å². The normalized spacial score (nSPS) is 18.2. The Morgan fingerprint density at radius 3 is 2.87 bits per heavy atom. The van der Waals surface area contributed by atoms with Crippen LogP contribution in [-0.4, -0.2) is 35.1 Å². The molecule has 0 aliphatic carbocycles. The Morgan fingerprint density at radius 2 is 2.13 bits per heavy atom. The third-order valence-electron chi connectivity index (χ3n) is 2.62. The second kappa shape index (κ2) is 5.23. The Labute approximate surface area is 88.4 Å². The van der Waals surface area contributed by atoms with E-state index < -0.39 is 0 Å². The van der Waals surface area contributed by atoms with E-state index in [4.69, 9.17) is 14.4 Å². The van der Waals surface area contributed by atoms with E-state index in [0.29, 0.717) is 24.7 Å². The largest absolute Gasteiger partial charge is 0.396 e. The Balaban J connectivity index is 1.93. The molecule has 1 N–H and O–H groups in total. The van der Waals surface area contributed by atoms with Crippen LogP contribution in [0.2, 0.25) is 0 Å². The van der Waals surface area contributed by atoms with Crippen molar-refractivity contribution in [2.75, 3.05) is 19.8 Å². The first-order chi connectivity index (χ1) is 7.40. The van der Waals surface area contributed by atoms with Crippen LogP contribution in [0.1, 0.15) is 36.9 Å². The number of rotatable bonds is 4. The van der Waals surface area contributed by atoms with Crippen LogP contribution in [0.5, 0.6) is 0 Å². The number of aryl methyl sites for hydroxylation is 1. The molecule has 0 saturated carbocycles. The van der Waals surface area contributed by atoms with E-state index in [0.717, 1.165) is 31.9 Å². The van der Waals surface area contributed by atoms with Gasteiger partial charge in [-0.3, -0.25) is 0 Å². The predicted molar refractivity (Wildman–Crippen MR) is 52.5 cm³/mol. The summed E-state index contributed by atoms with van der Waals surface area (Å²) in [5, 5.41) is 12.6. The standard InChI is InChI=1S/C10H16N2O3/c13-5-1-2-9-11-10(12-15-9)8-3-6-14-7-4-8/h8,13H,1-7H2. The lowest BCUT2D eigenvalue weighted by molar-refractivity contribution is 0.0830. The van der Waals surface area contributed by atoms with Gasteiger partial charge >= 0.3 is 0 Å². The number of ether oxygens (including phenoxy) is 1. The molecule has 1 fully saturated rings. The van der Waals surface area contributed by atoms with E-state index in [1.807, 2.05) is 0 Å². The Morgan fingerprint density at radius 1 is 1.33 bits per heavy atom. The fraction of sp³-hybridized carbons (Fsp3) is 0.800. The zero-order valence-corrected chi connectivity index (χ0v) is 8.69. The highest BCUT2D eigenvalue weighted by Crippen LogP contribution is 2.24. The van der Waals surface area contributed by atoms with Crippen LogP contribution in [0.15, 0.2) is 4.52 Å². The summed E-state index contributed by atoms with van der Waals surface area (Å²) in [5.41, 5.74) is 0. The maximum Gasteiger partial charge on any atom is 0.226 e. The Bertz CT molecular complexity index is 295. The SMILES string of the molecule is OCCCc1nc(C2CCOCC2)no1. The van der Waals surface area contributed by atoms with Crippen LogP contribution in [0.4, 0.5) is 0 Å². The molecule has 5 heteroatoms. The molecule has 0 amide bonds. The second-order valence-electron chi connectivity index (χ2n) is 3.76. The van der Waals surface area contributed by atoms with Gasteiger partial charge in [-0.1, -0.05) is 5.16 Å². The smallest absolute Gasteiger partial charge is 0.226 e. The van der Waals surface area contributed by atoms with Gasteiger partial charge in [-0.05, 0) is 19.3 Å². The number of aliphatic hydroxyl groups excluding tert-OH is 1. The Hall–Kier alpha value is -0.940. The molecular weight excluding hydrogens is 196 g/mol. The lowest BCUT2D eigenvalue weighted by Gasteiger charge is -2.18. The summed E-state index contributed by atoms with van der Waals surface area (Å²) in [4.78, 5) is 4.33. The third-order valence-corrected chi connectivity index (χ3v) is 2.62. The van der Waals surface area contributed by atoms with Crippen LogP contribution in [0, 0.1) is 0 Å². The molecule has 0 aromatic carbocycles. The fourth-order valence-corrected chi connectivity index (χ4v) is 1.72. The van der Waals surface area contributed by atoms with Crippen LogP contribution in [-0.2, 0) is 11.2 Å². The van der Waals surface area contributed by atoms with Crippen LogP contribution >= 0.6 is 0 Å². The van der Waals surface area contributed by atoms with E-state index in [1.54, 1.807) is 0 Å². The fourth-order valence-electron chi connectivity index (χ4n) is 1.72. The zero-order valence-electron chi connectivity index (χ0n) is 8.69. The van der Waals surface area contributed by atoms with Gasteiger partial charge in [0.2, 0.25) is 5.89 Å². The summed E-state index contributed by atoms with van der Waals surface area (Å²) in [5.74, 6) is 1.81. The van der Waals surface area contributed by atoms with E-state index in [-0.39, 0.29) is 6.61 Å². The highest BCUT2D eigenvalue weighted by atomic mass is 16.5. The van der Waals surface area contributed by atoms with Gasteiger partial charge in [0.1, 0.15) is 0 Å². The van der Waals surface area contributed by atoms with Crippen molar-refractivity contribution in [3.05, 3.63) is 11.7 Å². The van der Waals surface area contributed by atoms with Gasteiger partial charge in [-0.25, -0.2) is 0 Å². The second-order valence-corrected chi connectivity index (χ2v) is 3.76. The minimum absolute atomic E-state index is 0.162. The maximum absolute atomic E-state index is 8.68. The maximum atomic E-state index is 8.68. The highest BCUT2D eigenvalue weighted by Gasteiger charge is 2.20. The Kier molecular flexibility index (Phi) is 3.69. The van der Waals surface area contributed by atoms with Gasteiger partial charge < -0.3 is 14.4 Å². The minimum atomic E-state index is 0.162. The van der Waals surface area contributed by atoms with Crippen molar-refractivity contribution in [2.24, 2.45) is 0 Å². The van der Waals surface area contributed by atoms with Crippen molar-refractivity contribution in [3.63, 3.8) is 0 Å². The van der Waals surface area contributed by atoms with Gasteiger partial charge in [-0.2, -0.15) is 4.98 Å². The van der Waals surface area contributed by atoms with Gasteiger partial charge in [0.05, 0.1) is 0 Å². The molecule has 5 nitrogen and oxygen atoms in total. The molecule has 2 rings (SSSR count). The van der Waals surface area contributed by atoms with Crippen molar-refractivity contribution >= 4 is 0 Å². The topological polar surface area (TPSA) is 68.4 Å². The summed E-state index contributed by atoms with van der Waals surface area (Å²) in [6.45, 7) is 1.73. The third kappa shape index (κ3) is 2.76. The number of hydrogen-bond donors (Lipinski definition) is 1. The molecule has 2 heterocycles. The molecule has 0 spiro atoms. The summed E-state index contributed by atoms with van der Waals surface area (Å²) < 4.78 is 10.4. The summed E-state index contributed by atoms with van der Waals surface area (Å²) in [6, 6.07) is 0. The number of aromatic nitrogens is 2. The number of aliphatic hydroxyl groups is 1. The minimum Gasteiger partial charge on any atom is -0.396 e. The quantitative estimate of drug-likeness (QED) is 0.802. The molecule has 1 aromatic rings. The van der Waals surface area contributed by atoms with Gasteiger partial charge in [-0.15, -0.1) is 0 Å². The molecule has 1 aliphatic heterocycles. The lowest BCUT2D eigenvalue weighted by Crippen LogP contribution is -2.15. The first kappa shape index (κ1) is 10.6. The summed E-state index contributed by atoms with van der Waals surface area (Å²) >= 11 is 0. The van der Waals surface area contributed by atoms with Crippen molar-refractivity contribution in [3.8, 4) is 0 Å². The van der Waals surface area contributed by atoms with E-state index in [1.165, 1.54) is 0 Å². The first-order valence-corrected chi connectivity index (χ1v) is 5.41. The lowest BCUT2D eigenvalue weighted by atomic mass is 10.00. The molecule has 1 aliphatic rings. The number of hydrogen-bond acceptors (Lipinski definition) is 5. The summed E-state index contributed by atoms with van der Waals surface area (Å²) in [6.07, 6.45) is 3.28. The van der Waals surface area contributed by atoms with E-state index in [2.05, 4.69) is 10.1 Å². The monoisotopic (exact) mass is 212 g/mol. The van der Waals surface area contributed by atoms with Crippen molar-refractivity contribution in [1.29, 1.82) is 0 Å². The average molecular weight is 212 g/mol. The zero-order chi connectivity index (χ0) is 10.5. The predicted octanol–water partition coefficient (Wildman–Crippen LogP) is 0.888. The van der Waals surface area contributed by atoms with Crippen molar-refractivity contribution < 1.29 is 14.4 Å². The molecule has 84 valence electrons. The highest BCUT2D eigenvalue weighted by molar-refractivity contribution is 4.96. The van der Waals surface area contributed by atoms with E-state index in [9.17, 15) is 0 Å². The first-order valence-electron chi connectivity index (χ1n) is 5.41. The molecule has 1 saturated heterocycles. The van der Waals surface area contributed by atoms with E-state index >= 15 is 0 Å². The van der Waals surface area contributed by atoms with Gasteiger partial charge in [0.25, 0.3) is 0 Å². The summed E-state index contributed by atoms with van der Waals surface area (Å²) in [7, 11) is 0.